The minimum atomic E-state index is 0.106. The minimum absolute atomic E-state index is 0.106. The van der Waals surface area contributed by atoms with Crippen molar-refractivity contribution in [2.75, 3.05) is 6.54 Å². The second-order valence-corrected chi connectivity index (χ2v) is 5.44. The summed E-state index contributed by atoms with van der Waals surface area (Å²) < 4.78 is 2.61. The number of nitrogens with zero attached hydrogens (tertiary/aromatic N) is 3. The number of rotatable bonds is 5. The molecule has 19 heavy (non-hydrogen) atoms. The van der Waals surface area contributed by atoms with Crippen LogP contribution in [0.3, 0.4) is 0 Å². The van der Waals surface area contributed by atoms with Gasteiger partial charge in [-0.25, -0.2) is 4.68 Å². The molecular weight excluding hydrogens is 304 g/mol. The normalized spacial score (nSPS) is 12.6. The lowest BCUT2D eigenvalue weighted by molar-refractivity contribution is 0.549. The smallest absolute Gasteiger partial charge is 0.153 e. The molecule has 1 N–H and O–H groups in total. The minimum Gasteiger partial charge on any atom is -0.305 e. The summed E-state index contributed by atoms with van der Waals surface area (Å²) in [6.45, 7) is 5.21. The SMILES string of the molecule is CCCNC(c1ccc(C)cc1)c1c(Br)nnn1C. The van der Waals surface area contributed by atoms with Gasteiger partial charge in [-0.3, -0.25) is 0 Å². The zero-order chi connectivity index (χ0) is 13.8. The van der Waals surface area contributed by atoms with Crippen LogP contribution in [0.25, 0.3) is 0 Å². The molecule has 1 atom stereocenters. The topological polar surface area (TPSA) is 42.7 Å². The maximum absolute atomic E-state index is 4.08. The first-order valence-corrected chi connectivity index (χ1v) is 7.27. The molecule has 2 aromatic rings. The standard InChI is InChI=1S/C14H19BrN4/c1-4-9-16-12(11-7-5-10(2)6-8-11)13-14(15)17-18-19(13)3/h5-8,12,16H,4,9H2,1-3H3. The Morgan fingerprint density at radius 2 is 2.00 bits per heavy atom. The Labute approximate surface area is 122 Å². The quantitative estimate of drug-likeness (QED) is 0.920. The van der Waals surface area contributed by atoms with E-state index < -0.39 is 0 Å². The predicted octanol–water partition coefficient (Wildman–Crippen LogP) is 2.98. The summed E-state index contributed by atoms with van der Waals surface area (Å²) in [5.41, 5.74) is 3.54. The Hall–Kier alpha value is -1.20. The van der Waals surface area contributed by atoms with Gasteiger partial charge in [0.05, 0.1) is 11.7 Å². The molecule has 2 rings (SSSR count). The average molecular weight is 323 g/mol. The van der Waals surface area contributed by atoms with Gasteiger partial charge in [0.25, 0.3) is 0 Å². The summed E-state index contributed by atoms with van der Waals surface area (Å²) in [4.78, 5) is 0. The van der Waals surface area contributed by atoms with E-state index in [9.17, 15) is 0 Å². The summed E-state index contributed by atoms with van der Waals surface area (Å²) >= 11 is 3.49. The highest BCUT2D eigenvalue weighted by molar-refractivity contribution is 9.10. The zero-order valence-electron chi connectivity index (χ0n) is 11.5. The van der Waals surface area contributed by atoms with Crippen molar-refractivity contribution in [1.82, 2.24) is 20.3 Å². The van der Waals surface area contributed by atoms with E-state index in [1.54, 1.807) is 0 Å². The molecule has 1 aromatic carbocycles. The number of halogens is 1. The van der Waals surface area contributed by atoms with E-state index in [-0.39, 0.29) is 6.04 Å². The van der Waals surface area contributed by atoms with E-state index >= 15 is 0 Å². The van der Waals surface area contributed by atoms with Crippen LogP contribution in [0.5, 0.6) is 0 Å². The maximum Gasteiger partial charge on any atom is 0.153 e. The van der Waals surface area contributed by atoms with Crippen molar-refractivity contribution in [2.24, 2.45) is 7.05 Å². The molecule has 0 radical (unpaired) electrons. The van der Waals surface area contributed by atoms with Crippen molar-refractivity contribution in [3.63, 3.8) is 0 Å². The van der Waals surface area contributed by atoms with E-state index in [1.165, 1.54) is 11.1 Å². The van der Waals surface area contributed by atoms with Crippen LogP contribution in [-0.4, -0.2) is 21.5 Å². The summed E-state index contributed by atoms with van der Waals surface area (Å²) in [6.07, 6.45) is 1.09. The second-order valence-electron chi connectivity index (χ2n) is 4.69. The van der Waals surface area contributed by atoms with Crippen LogP contribution in [-0.2, 0) is 7.05 Å². The first-order valence-electron chi connectivity index (χ1n) is 6.48. The molecule has 5 heteroatoms. The molecule has 0 fully saturated rings. The molecular formula is C14H19BrN4. The Morgan fingerprint density at radius 1 is 1.32 bits per heavy atom. The van der Waals surface area contributed by atoms with Gasteiger partial charge in [-0.1, -0.05) is 42.0 Å². The Kier molecular flexibility index (Phi) is 4.71. The van der Waals surface area contributed by atoms with Gasteiger partial charge < -0.3 is 5.32 Å². The number of aromatic nitrogens is 3. The zero-order valence-corrected chi connectivity index (χ0v) is 13.1. The molecule has 0 amide bonds. The first-order chi connectivity index (χ1) is 9.13. The van der Waals surface area contributed by atoms with Crippen molar-refractivity contribution in [3.05, 3.63) is 45.7 Å². The van der Waals surface area contributed by atoms with Gasteiger partial charge in [0, 0.05) is 7.05 Å². The fourth-order valence-corrected chi connectivity index (χ4v) is 2.62. The van der Waals surface area contributed by atoms with Crippen LogP contribution in [0.1, 0.15) is 36.2 Å². The van der Waals surface area contributed by atoms with Gasteiger partial charge in [-0.2, -0.15) is 0 Å². The van der Waals surface area contributed by atoms with Gasteiger partial charge in [0.15, 0.2) is 4.60 Å². The Morgan fingerprint density at radius 3 is 2.53 bits per heavy atom. The summed E-state index contributed by atoms with van der Waals surface area (Å²) in [5, 5.41) is 11.7. The number of hydrogen-bond acceptors (Lipinski definition) is 3. The first kappa shape index (κ1) is 14.2. The predicted molar refractivity (Wildman–Crippen MR) is 80.0 cm³/mol. The van der Waals surface area contributed by atoms with Crippen molar-refractivity contribution in [2.45, 2.75) is 26.3 Å². The molecule has 0 spiro atoms. The molecule has 0 bridgehead atoms. The third-order valence-electron chi connectivity index (χ3n) is 3.11. The third kappa shape index (κ3) is 3.22. The lowest BCUT2D eigenvalue weighted by atomic mass is 10.0. The van der Waals surface area contributed by atoms with E-state index in [0.717, 1.165) is 23.3 Å². The number of benzene rings is 1. The second kappa shape index (κ2) is 6.30. The van der Waals surface area contributed by atoms with Crippen molar-refractivity contribution >= 4 is 15.9 Å². The average Bonchev–Trinajstić information content (AvgIpc) is 2.73. The summed E-state index contributed by atoms with van der Waals surface area (Å²) in [5.74, 6) is 0. The van der Waals surface area contributed by atoms with Gasteiger partial charge in [-0.15, -0.1) is 5.10 Å². The van der Waals surface area contributed by atoms with E-state index in [2.05, 4.69) is 69.7 Å². The third-order valence-corrected chi connectivity index (χ3v) is 3.67. The Bertz CT molecular complexity index is 513. The molecule has 4 nitrogen and oxygen atoms in total. The summed E-state index contributed by atoms with van der Waals surface area (Å²) in [7, 11) is 1.92. The van der Waals surface area contributed by atoms with E-state index in [0.29, 0.717) is 0 Å². The van der Waals surface area contributed by atoms with Crippen LogP contribution in [0.2, 0.25) is 0 Å². The molecule has 0 saturated carbocycles. The van der Waals surface area contributed by atoms with Crippen LogP contribution in [0.4, 0.5) is 0 Å². The molecule has 0 aliphatic rings. The molecule has 0 aliphatic heterocycles. The highest BCUT2D eigenvalue weighted by atomic mass is 79.9. The van der Waals surface area contributed by atoms with Gasteiger partial charge >= 0.3 is 0 Å². The van der Waals surface area contributed by atoms with Crippen molar-refractivity contribution in [1.29, 1.82) is 0 Å². The molecule has 1 aromatic heterocycles. The summed E-state index contributed by atoms with van der Waals surface area (Å²) in [6, 6.07) is 8.68. The maximum atomic E-state index is 4.08. The van der Waals surface area contributed by atoms with Crippen molar-refractivity contribution in [3.8, 4) is 0 Å². The van der Waals surface area contributed by atoms with Crippen LogP contribution in [0.15, 0.2) is 28.9 Å². The highest BCUT2D eigenvalue weighted by Crippen LogP contribution is 2.26. The van der Waals surface area contributed by atoms with Crippen LogP contribution >= 0.6 is 15.9 Å². The lowest BCUT2D eigenvalue weighted by Gasteiger charge is -2.19. The molecule has 0 aliphatic carbocycles. The highest BCUT2D eigenvalue weighted by Gasteiger charge is 2.21. The number of nitrogens with one attached hydrogen (secondary N) is 1. The molecule has 102 valence electrons. The molecule has 1 unspecified atom stereocenters. The van der Waals surface area contributed by atoms with E-state index in [1.807, 2.05) is 11.7 Å². The van der Waals surface area contributed by atoms with Gasteiger partial charge in [0.2, 0.25) is 0 Å². The number of hydrogen-bond donors (Lipinski definition) is 1. The molecule has 1 heterocycles. The monoisotopic (exact) mass is 322 g/mol. The lowest BCUT2D eigenvalue weighted by Crippen LogP contribution is -2.25. The van der Waals surface area contributed by atoms with Crippen LogP contribution in [0, 0.1) is 6.92 Å². The van der Waals surface area contributed by atoms with Crippen molar-refractivity contribution < 1.29 is 0 Å². The fourth-order valence-electron chi connectivity index (χ4n) is 2.07. The van der Waals surface area contributed by atoms with Gasteiger partial charge in [0.1, 0.15) is 0 Å². The fraction of sp³-hybridized carbons (Fsp3) is 0.429. The molecule has 0 saturated heterocycles. The van der Waals surface area contributed by atoms with Gasteiger partial charge in [-0.05, 0) is 41.4 Å². The largest absolute Gasteiger partial charge is 0.305 e. The number of aryl methyl sites for hydroxylation is 2. The Balaban J connectivity index is 2.38. The van der Waals surface area contributed by atoms with E-state index in [4.69, 9.17) is 0 Å². The van der Waals surface area contributed by atoms with Crippen LogP contribution < -0.4 is 5.32 Å².